The number of nitrogens with one attached hydrogen (secondary N) is 1. The minimum absolute atomic E-state index is 0.0385. The number of piperazine rings is 1. The first-order chi connectivity index (χ1) is 12.3. The molecule has 0 aromatic heterocycles. The topological polar surface area (TPSA) is 79.0 Å². The third-order valence-electron chi connectivity index (χ3n) is 4.52. The van der Waals surface area contributed by atoms with Crippen LogP contribution in [-0.4, -0.2) is 76.0 Å². The number of rotatable bonds is 8. The number of aryl methyl sites for hydroxylation is 1. The Morgan fingerprint density at radius 3 is 2.38 bits per heavy atom. The first-order valence-corrected chi connectivity index (χ1v) is 10.3. The third-order valence-corrected chi connectivity index (χ3v) is 6.43. The fourth-order valence-corrected chi connectivity index (χ4v) is 4.30. The summed E-state index contributed by atoms with van der Waals surface area (Å²) in [4.78, 5) is 14.4. The van der Waals surface area contributed by atoms with Gasteiger partial charge in [-0.2, -0.15) is 4.31 Å². The molecule has 8 heteroatoms. The second kappa shape index (κ2) is 9.45. The normalized spacial score (nSPS) is 17.8. The molecule has 26 heavy (non-hydrogen) atoms. The maximum Gasteiger partial charge on any atom is 0.243 e. The molecular formula is C18H29N3O4S. The van der Waals surface area contributed by atoms with Crippen LogP contribution in [0.25, 0.3) is 0 Å². The molecule has 1 unspecified atom stereocenters. The number of nitrogens with zero attached hydrogens (tertiary/aromatic N) is 2. The van der Waals surface area contributed by atoms with E-state index in [-0.39, 0.29) is 18.5 Å². The highest BCUT2D eigenvalue weighted by atomic mass is 32.2. The van der Waals surface area contributed by atoms with Crippen molar-refractivity contribution in [2.45, 2.75) is 31.2 Å². The molecule has 146 valence electrons. The van der Waals surface area contributed by atoms with E-state index in [4.69, 9.17) is 4.74 Å². The Bertz CT molecular complexity index is 683. The summed E-state index contributed by atoms with van der Waals surface area (Å²) in [7, 11) is -1.83. The van der Waals surface area contributed by atoms with Gasteiger partial charge in [0.25, 0.3) is 0 Å². The van der Waals surface area contributed by atoms with E-state index >= 15 is 0 Å². The minimum atomic E-state index is -3.47. The maximum atomic E-state index is 12.7. The van der Waals surface area contributed by atoms with Crippen LogP contribution in [0, 0.1) is 6.92 Å². The second-order valence-corrected chi connectivity index (χ2v) is 8.68. The van der Waals surface area contributed by atoms with Gasteiger partial charge in [0.2, 0.25) is 15.9 Å². The lowest BCUT2D eigenvalue weighted by molar-refractivity contribution is -0.123. The lowest BCUT2D eigenvalue weighted by atomic mass is 10.2. The van der Waals surface area contributed by atoms with Gasteiger partial charge in [-0.05, 0) is 32.4 Å². The molecule has 0 spiro atoms. The van der Waals surface area contributed by atoms with Gasteiger partial charge in [0.05, 0.1) is 11.4 Å². The Kier molecular flexibility index (Phi) is 7.57. The highest BCUT2D eigenvalue weighted by Gasteiger charge is 2.29. The molecule has 0 saturated carbocycles. The quantitative estimate of drug-likeness (QED) is 0.720. The van der Waals surface area contributed by atoms with Crippen LogP contribution < -0.4 is 5.32 Å². The van der Waals surface area contributed by atoms with Gasteiger partial charge in [0.1, 0.15) is 0 Å². The lowest BCUT2D eigenvalue weighted by Crippen LogP contribution is -2.51. The van der Waals surface area contributed by atoms with Gasteiger partial charge in [-0.25, -0.2) is 8.42 Å². The van der Waals surface area contributed by atoms with E-state index in [1.807, 2.05) is 18.7 Å². The van der Waals surface area contributed by atoms with Crippen molar-refractivity contribution in [2.24, 2.45) is 0 Å². The van der Waals surface area contributed by atoms with E-state index in [0.29, 0.717) is 37.7 Å². The van der Waals surface area contributed by atoms with Gasteiger partial charge in [-0.1, -0.05) is 17.7 Å². The van der Waals surface area contributed by atoms with Crippen molar-refractivity contribution >= 4 is 15.9 Å². The molecular weight excluding hydrogens is 354 g/mol. The summed E-state index contributed by atoms with van der Waals surface area (Å²) < 4.78 is 31.9. The van der Waals surface area contributed by atoms with E-state index in [0.717, 1.165) is 12.0 Å². The number of ether oxygens (including phenoxy) is 1. The third kappa shape index (κ3) is 5.77. The molecule has 1 heterocycles. The number of amides is 1. The fraction of sp³-hybridized carbons (Fsp3) is 0.611. The summed E-state index contributed by atoms with van der Waals surface area (Å²) in [5.74, 6) is -0.0385. The molecule has 1 aliphatic heterocycles. The SMILES string of the molecule is COCCC(C)NC(=O)CN1CCN(S(=O)(=O)c2ccc(C)cc2)CC1. The van der Waals surface area contributed by atoms with Gasteiger partial charge in [-0.3, -0.25) is 9.69 Å². The van der Waals surface area contributed by atoms with Crippen LogP contribution in [-0.2, 0) is 19.6 Å². The average molecular weight is 384 g/mol. The highest BCUT2D eigenvalue weighted by Crippen LogP contribution is 2.18. The Morgan fingerprint density at radius 2 is 1.81 bits per heavy atom. The highest BCUT2D eigenvalue weighted by molar-refractivity contribution is 7.89. The molecule has 1 atom stereocenters. The van der Waals surface area contributed by atoms with Gasteiger partial charge < -0.3 is 10.1 Å². The largest absolute Gasteiger partial charge is 0.385 e. The van der Waals surface area contributed by atoms with Crippen molar-refractivity contribution in [1.82, 2.24) is 14.5 Å². The summed E-state index contributed by atoms with van der Waals surface area (Å²) in [5.41, 5.74) is 1.03. The van der Waals surface area contributed by atoms with Crippen LogP contribution in [0.4, 0.5) is 0 Å². The number of methoxy groups -OCH3 is 1. The molecule has 1 fully saturated rings. The van der Waals surface area contributed by atoms with Crippen molar-refractivity contribution < 1.29 is 17.9 Å². The standard InChI is InChI=1S/C18H29N3O4S/c1-15-4-6-17(7-5-15)26(23,24)21-11-9-20(10-12-21)14-18(22)19-16(2)8-13-25-3/h4-7,16H,8-14H2,1-3H3,(H,19,22). The van der Waals surface area contributed by atoms with E-state index in [1.165, 1.54) is 4.31 Å². The van der Waals surface area contributed by atoms with Crippen LogP contribution in [0.3, 0.4) is 0 Å². The smallest absolute Gasteiger partial charge is 0.243 e. The van der Waals surface area contributed by atoms with Crippen molar-refractivity contribution in [3.8, 4) is 0 Å². The van der Waals surface area contributed by atoms with E-state index < -0.39 is 10.0 Å². The number of hydrogen-bond donors (Lipinski definition) is 1. The molecule has 1 aliphatic rings. The number of carbonyl (C=O) groups is 1. The Labute approximate surface area is 156 Å². The van der Waals surface area contributed by atoms with Gasteiger partial charge in [-0.15, -0.1) is 0 Å². The molecule has 0 bridgehead atoms. The zero-order valence-corrected chi connectivity index (χ0v) is 16.6. The molecule has 0 radical (unpaired) electrons. The van der Waals surface area contributed by atoms with Crippen LogP contribution in [0.5, 0.6) is 0 Å². The zero-order chi connectivity index (χ0) is 19.2. The molecule has 1 aromatic carbocycles. The molecule has 2 rings (SSSR count). The monoisotopic (exact) mass is 383 g/mol. The summed E-state index contributed by atoms with van der Waals surface area (Å²) in [5, 5.41) is 2.94. The summed E-state index contributed by atoms with van der Waals surface area (Å²) >= 11 is 0. The maximum absolute atomic E-state index is 12.7. The number of sulfonamides is 1. The number of hydrogen-bond acceptors (Lipinski definition) is 5. The average Bonchev–Trinajstić information content (AvgIpc) is 2.60. The van der Waals surface area contributed by atoms with Gasteiger partial charge in [0.15, 0.2) is 0 Å². The molecule has 1 saturated heterocycles. The summed E-state index contributed by atoms with van der Waals surface area (Å²) in [6.07, 6.45) is 0.769. The molecule has 0 aliphatic carbocycles. The van der Waals surface area contributed by atoms with E-state index in [1.54, 1.807) is 31.4 Å². The number of carbonyl (C=O) groups excluding carboxylic acids is 1. The zero-order valence-electron chi connectivity index (χ0n) is 15.8. The first-order valence-electron chi connectivity index (χ1n) is 8.90. The molecule has 1 aromatic rings. The van der Waals surface area contributed by atoms with Crippen LogP contribution in [0.15, 0.2) is 29.2 Å². The van der Waals surface area contributed by atoms with E-state index in [9.17, 15) is 13.2 Å². The molecule has 7 nitrogen and oxygen atoms in total. The molecule has 1 N–H and O–H groups in total. The van der Waals surface area contributed by atoms with Gasteiger partial charge in [0, 0.05) is 45.9 Å². The Balaban J connectivity index is 1.83. The van der Waals surface area contributed by atoms with Crippen LogP contribution in [0.2, 0.25) is 0 Å². The fourth-order valence-electron chi connectivity index (χ4n) is 2.88. The Hall–Kier alpha value is -1.48. The molecule has 1 amide bonds. The first kappa shape index (κ1) is 20.8. The van der Waals surface area contributed by atoms with Crippen molar-refractivity contribution in [3.63, 3.8) is 0 Å². The predicted octanol–water partition coefficient (Wildman–Crippen LogP) is 0.843. The minimum Gasteiger partial charge on any atom is -0.385 e. The van der Waals surface area contributed by atoms with Gasteiger partial charge >= 0.3 is 0 Å². The van der Waals surface area contributed by atoms with E-state index in [2.05, 4.69) is 5.32 Å². The van der Waals surface area contributed by atoms with Crippen molar-refractivity contribution in [1.29, 1.82) is 0 Å². The lowest BCUT2D eigenvalue weighted by Gasteiger charge is -2.33. The Morgan fingerprint density at radius 1 is 1.19 bits per heavy atom. The number of benzene rings is 1. The van der Waals surface area contributed by atoms with Crippen molar-refractivity contribution in [3.05, 3.63) is 29.8 Å². The van der Waals surface area contributed by atoms with Crippen LogP contribution in [0.1, 0.15) is 18.9 Å². The summed E-state index contributed by atoms with van der Waals surface area (Å²) in [6, 6.07) is 6.96. The second-order valence-electron chi connectivity index (χ2n) is 6.74. The van der Waals surface area contributed by atoms with Crippen molar-refractivity contribution in [2.75, 3.05) is 46.4 Å². The predicted molar refractivity (Wildman–Crippen MR) is 100 cm³/mol. The van der Waals surface area contributed by atoms with Crippen LogP contribution >= 0.6 is 0 Å². The summed E-state index contributed by atoms with van der Waals surface area (Å²) in [6.45, 7) is 6.65.